The van der Waals surface area contributed by atoms with E-state index < -0.39 is 0 Å². The quantitative estimate of drug-likeness (QED) is 0.869. The zero-order valence-corrected chi connectivity index (χ0v) is 16.3. The van der Waals surface area contributed by atoms with Gasteiger partial charge in [-0.3, -0.25) is 9.69 Å². The van der Waals surface area contributed by atoms with Crippen molar-refractivity contribution in [3.05, 3.63) is 23.8 Å². The summed E-state index contributed by atoms with van der Waals surface area (Å²) in [5.41, 5.74) is 2.62. The van der Waals surface area contributed by atoms with Crippen LogP contribution >= 0.6 is 0 Å². The molecular weight excluding hydrogens is 344 g/mol. The zero-order chi connectivity index (χ0) is 19.0. The molecule has 2 aromatic rings. The van der Waals surface area contributed by atoms with Crippen LogP contribution in [0.3, 0.4) is 0 Å². The van der Waals surface area contributed by atoms with E-state index in [-0.39, 0.29) is 29.5 Å². The molecular formula is C20H28N4O3. The van der Waals surface area contributed by atoms with Crippen LogP contribution in [0.1, 0.15) is 45.1 Å². The average molecular weight is 372 g/mol. The summed E-state index contributed by atoms with van der Waals surface area (Å²) in [4.78, 5) is 14.6. The summed E-state index contributed by atoms with van der Waals surface area (Å²) in [7, 11) is 1.83. The fourth-order valence-corrected chi connectivity index (χ4v) is 4.69. The Morgan fingerprint density at radius 1 is 1.41 bits per heavy atom. The van der Waals surface area contributed by atoms with Crippen LogP contribution in [-0.2, 0) is 16.1 Å². The van der Waals surface area contributed by atoms with E-state index in [1.165, 1.54) is 0 Å². The lowest BCUT2D eigenvalue weighted by molar-refractivity contribution is -0.126. The maximum Gasteiger partial charge on any atom is 0.222 e. The predicted molar refractivity (Wildman–Crippen MR) is 101 cm³/mol. The van der Waals surface area contributed by atoms with Crippen LogP contribution in [0.25, 0.3) is 11.0 Å². The van der Waals surface area contributed by atoms with Crippen LogP contribution in [-0.4, -0.2) is 52.5 Å². The van der Waals surface area contributed by atoms with Gasteiger partial charge in [-0.15, -0.1) is 0 Å². The number of benzene rings is 1. The van der Waals surface area contributed by atoms with Crippen molar-refractivity contribution < 1.29 is 14.2 Å². The van der Waals surface area contributed by atoms with Gasteiger partial charge in [-0.05, 0) is 47.6 Å². The molecule has 1 saturated carbocycles. The van der Waals surface area contributed by atoms with Gasteiger partial charge in [0.05, 0.1) is 5.60 Å². The van der Waals surface area contributed by atoms with Gasteiger partial charge in [0.15, 0.2) is 0 Å². The van der Waals surface area contributed by atoms with Crippen molar-refractivity contribution >= 4 is 16.9 Å². The summed E-state index contributed by atoms with van der Waals surface area (Å²) in [6.45, 7) is 5.63. The number of hydrogen-bond acceptors (Lipinski definition) is 6. The van der Waals surface area contributed by atoms with Crippen molar-refractivity contribution in [2.45, 2.75) is 63.8 Å². The number of amides is 1. The van der Waals surface area contributed by atoms with Gasteiger partial charge >= 0.3 is 0 Å². The number of carbonyl (C=O) groups is 1. The summed E-state index contributed by atoms with van der Waals surface area (Å²) in [5, 5.41) is 11.2. The van der Waals surface area contributed by atoms with Gasteiger partial charge in [0.25, 0.3) is 0 Å². The van der Waals surface area contributed by atoms with E-state index in [1.54, 1.807) is 0 Å². The number of nitrogens with one attached hydrogen (secondary N) is 1. The first-order valence-corrected chi connectivity index (χ1v) is 9.82. The van der Waals surface area contributed by atoms with Crippen molar-refractivity contribution in [1.29, 1.82) is 0 Å². The van der Waals surface area contributed by atoms with E-state index in [0.717, 1.165) is 55.4 Å². The van der Waals surface area contributed by atoms with E-state index >= 15 is 0 Å². The first kappa shape index (κ1) is 18.4. The normalized spacial score (nSPS) is 28.6. The highest BCUT2D eigenvalue weighted by Crippen LogP contribution is 2.43. The minimum Gasteiger partial charge on any atom is -0.377 e. The summed E-state index contributed by atoms with van der Waals surface area (Å²) < 4.78 is 11.0. The zero-order valence-electron chi connectivity index (χ0n) is 16.3. The van der Waals surface area contributed by atoms with Gasteiger partial charge in [0, 0.05) is 38.2 Å². The van der Waals surface area contributed by atoms with Gasteiger partial charge in [-0.1, -0.05) is 26.0 Å². The molecule has 1 aliphatic carbocycles. The number of rotatable bonds is 5. The molecule has 7 heteroatoms. The molecule has 1 amide bonds. The number of aromatic nitrogens is 2. The van der Waals surface area contributed by atoms with E-state index in [4.69, 9.17) is 9.37 Å². The van der Waals surface area contributed by atoms with E-state index in [0.29, 0.717) is 0 Å². The monoisotopic (exact) mass is 372 g/mol. The lowest BCUT2D eigenvalue weighted by atomic mass is 9.78. The summed E-state index contributed by atoms with van der Waals surface area (Å²) in [5.74, 6) is 0.143. The van der Waals surface area contributed by atoms with Crippen molar-refractivity contribution in [3.8, 4) is 0 Å². The third-order valence-corrected chi connectivity index (χ3v) is 6.31. The maximum absolute atomic E-state index is 12.2. The van der Waals surface area contributed by atoms with E-state index in [2.05, 4.69) is 26.6 Å². The second-order valence-electron chi connectivity index (χ2n) is 8.19. The van der Waals surface area contributed by atoms with Gasteiger partial charge in [-0.25, -0.2) is 4.63 Å². The lowest BCUT2D eigenvalue weighted by Gasteiger charge is -2.44. The Labute approximate surface area is 159 Å². The van der Waals surface area contributed by atoms with Crippen LogP contribution < -0.4 is 5.32 Å². The fraction of sp³-hybridized carbons (Fsp3) is 0.650. The molecule has 4 rings (SSSR count). The minimum absolute atomic E-state index is 0.0102. The van der Waals surface area contributed by atoms with Crippen LogP contribution in [0, 0.1) is 5.92 Å². The van der Waals surface area contributed by atoms with Crippen molar-refractivity contribution in [3.63, 3.8) is 0 Å². The van der Waals surface area contributed by atoms with Crippen LogP contribution in [0.15, 0.2) is 22.8 Å². The Kier molecular flexibility index (Phi) is 4.90. The number of ether oxygens (including phenoxy) is 1. The van der Waals surface area contributed by atoms with E-state index in [9.17, 15) is 4.79 Å². The Morgan fingerprint density at radius 2 is 2.26 bits per heavy atom. The van der Waals surface area contributed by atoms with Gasteiger partial charge in [0.2, 0.25) is 5.91 Å². The smallest absolute Gasteiger partial charge is 0.222 e. The topological polar surface area (TPSA) is 80.5 Å². The predicted octanol–water partition coefficient (Wildman–Crippen LogP) is 2.51. The Hall–Kier alpha value is -1.99. The van der Waals surface area contributed by atoms with Crippen molar-refractivity contribution in [2.24, 2.45) is 5.92 Å². The highest BCUT2D eigenvalue weighted by Gasteiger charge is 2.51. The van der Waals surface area contributed by atoms with Crippen LogP contribution in [0.2, 0.25) is 0 Å². The maximum atomic E-state index is 12.2. The molecule has 1 saturated heterocycles. The molecule has 0 radical (unpaired) electrons. The van der Waals surface area contributed by atoms with Crippen LogP contribution in [0.4, 0.5) is 0 Å². The standard InChI is InChI=1S/C20H28N4O3/c1-13(2)19(25)21-15-7-8-20(26-3)9-10-24(17(20)11-15)12-14-5-4-6-16-18(14)23-27-22-16/h4-6,13,15,17H,7-12H2,1-3H3,(H,21,25)/t15-,17+,20-/m1/s1. The number of carbonyl (C=O) groups excluding carboxylic acids is 1. The number of methoxy groups -OCH3 is 1. The number of nitrogens with zero attached hydrogens (tertiary/aromatic N) is 3. The minimum atomic E-state index is -0.116. The fourth-order valence-electron chi connectivity index (χ4n) is 4.69. The Morgan fingerprint density at radius 3 is 3.04 bits per heavy atom. The molecule has 1 aliphatic heterocycles. The molecule has 0 unspecified atom stereocenters. The Balaban J connectivity index is 1.53. The molecule has 3 atom stereocenters. The van der Waals surface area contributed by atoms with Crippen molar-refractivity contribution in [2.75, 3.05) is 13.7 Å². The van der Waals surface area contributed by atoms with Gasteiger partial charge in [0.1, 0.15) is 11.0 Å². The molecule has 1 aromatic heterocycles. The second-order valence-corrected chi connectivity index (χ2v) is 8.19. The summed E-state index contributed by atoms with van der Waals surface area (Å²) >= 11 is 0. The first-order chi connectivity index (χ1) is 13.0. The third kappa shape index (κ3) is 3.34. The third-order valence-electron chi connectivity index (χ3n) is 6.31. The average Bonchev–Trinajstić information content (AvgIpc) is 3.28. The number of likely N-dealkylation sites (tertiary alicyclic amines) is 1. The molecule has 27 heavy (non-hydrogen) atoms. The lowest BCUT2D eigenvalue weighted by Crippen LogP contribution is -2.55. The summed E-state index contributed by atoms with van der Waals surface area (Å²) in [6.07, 6.45) is 3.88. The Bertz CT molecular complexity index is 820. The molecule has 7 nitrogen and oxygen atoms in total. The second kappa shape index (κ2) is 7.20. The number of fused-ring (bicyclic) bond motifs is 2. The molecule has 1 aromatic carbocycles. The van der Waals surface area contributed by atoms with E-state index in [1.807, 2.05) is 33.1 Å². The SMILES string of the molecule is CO[C@@]12CC[C@@H](NC(=O)C(C)C)C[C@@H]1N(Cc1cccc3nonc13)CC2. The molecule has 2 aliphatic rings. The van der Waals surface area contributed by atoms with Crippen molar-refractivity contribution in [1.82, 2.24) is 20.5 Å². The first-order valence-electron chi connectivity index (χ1n) is 9.82. The highest BCUT2D eigenvalue weighted by molar-refractivity contribution is 5.78. The molecule has 1 N–H and O–H groups in total. The highest BCUT2D eigenvalue weighted by atomic mass is 16.6. The molecule has 0 spiro atoms. The molecule has 2 fully saturated rings. The largest absolute Gasteiger partial charge is 0.377 e. The number of hydrogen-bond donors (Lipinski definition) is 1. The van der Waals surface area contributed by atoms with Crippen LogP contribution in [0.5, 0.6) is 0 Å². The molecule has 2 heterocycles. The molecule has 0 bridgehead atoms. The summed E-state index contributed by atoms with van der Waals surface area (Å²) in [6, 6.07) is 6.48. The van der Waals surface area contributed by atoms with Gasteiger partial charge < -0.3 is 10.1 Å². The van der Waals surface area contributed by atoms with Gasteiger partial charge in [-0.2, -0.15) is 0 Å². The molecule has 146 valence electrons.